The average molecular weight is 327 g/mol. The molecule has 0 unspecified atom stereocenters. The van der Waals surface area contributed by atoms with Gasteiger partial charge in [0.05, 0.1) is 0 Å². The summed E-state index contributed by atoms with van der Waals surface area (Å²) in [5, 5.41) is 5.54. The molecule has 126 valence electrons. The largest absolute Gasteiger partial charge is 0.437 e. The monoisotopic (exact) mass is 327 g/mol. The van der Waals surface area contributed by atoms with E-state index >= 15 is 0 Å². The summed E-state index contributed by atoms with van der Waals surface area (Å²) in [7, 11) is 1.60. The van der Waals surface area contributed by atoms with Gasteiger partial charge < -0.3 is 15.1 Å². The van der Waals surface area contributed by atoms with E-state index in [0.29, 0.717) is 24.3 Å². The minimum Gasteiger partial charge on any atom is -0.437 e. The van der Waals surface area contributed by atoms with Crippen molar-refractivity contribution in [3.63, 3.8) is 0 Å². The normalized spacial score (nSPS) is 17.0. The smallest absolute Gasteiger partial charge is 0.245 e. The van der Waals surface area contributed by atoms with Crippen LogP contribution >= 0.6 is 0 Å². The van der Waals surface area contributed by atoms with E-state index in [1.807, 2.05) is 24.3 Å². The van der Waals surface area contributed by atoms with E-state index < -0.39 is 5.54 Å². The van der Waals surface area contributed by atoms with Crippen molar-refractivity contribution in [2.24, 2.45) is 0 Å². The Kier molecular flexibility index (Phi) is 4.64. The topological polar surface area (TPSA) is 84.2 Å². The number of benzene rings is 1. The highest BCUT2D eigenvalue weighted by Gasteiger charge is 2.39. The predicted molar refractivity (Wildman–Crippen MR) is 91.1 cm³/mol. The van der Waals surface area contributed by atoms with Crippen molar-refractivity contribution in [3.8, 4) is 0 Å². The zero-order valence-corrected chi connectivity index (χ0v) is 13.7. The van der Waals surface area contributed by atoms with Crippen LogP contribution in [0.1, 0.15) is 38.0 Å². The Labute approximate surface area is 140 Å². The highest BCUT2D eigenvalue weighted by Crippen LogP contribution is 2.28. The van der Waals surface area contributed by atoms with Crippen molar-refractivity contribution in [2.45, 2.75) is 37.6 Å². The molecule has 6 heteroatoms. The molecule has 6 nitrogen and oxygen atoms in total. The second kappa shape index (κ2) is 6.86. The van der Waals surface area contributed by atoms with Crippen molar-refractivity contribution < 1.29 is 14.0 Å². The number of oxazole rings is 1. The molecule has 0 atom stereocenters. The lowest BCUT2D eigenvalue weighted by Gasteiger charge is -2.35. The van der Waals surface area contributed by atoms with Crippen LogP contribution in [-0.4, -0.2) is 29.4 Å². The molecule has 1 aliphatic rings. The van der Waals surface area contributed by atoms with E-state index in [0.717, 1.165) is 24.8 Å². The SMILES string of the molecule is CNC(=O)C1(NC(=O)/C=C/c2nc3ccccc3o2)CCCCC1. The fourth-order valence-corrected chi connectivity index (χ4v) is 3.19. The van der Waals surface area contributed by atoms with Gasteiger partial charge in [-0.2, -0.15) is 0 Å². The number of rotatable bonds is 4. The van der Waals surface area contributed by atoms with Gasteiger partial charge in [0.25, 0.3) is 0 Å². The van der Waals surface area contributed by atoms with Crippen LogP contribution in [-0.2, 0) is 9.59 Å². The first-order chi connectivity index (χ1) is 11.6. The standard InChI is InChI=1S/C18H21N3O3/c1-19-17(23)18(11-5-2-6-12-18)21-15(22)9-10-16-20-13-7-3-4-8-14(13)24-16/h3-4,7-10H,2,5-6,11-12H2,1H3,(H,19,23)(H,21,22)/b10-9+. The van der Waals surface area contributed by atoms with Gasteiger partial charge in [0.1, 0.15) is 11.1 Å². The zero-order chi connectivity index (χ0) is 17.0. The van der Waals surface area contributed by atoms with E-state index in [9.17, 15) is 9.59 Å². The Morgan fingerprint density at radius 1 is 1.21 bits per heavy atom. The Morgan fingerprint density at radius 3 is 2.67 bits per heavy atom. The van der Waals surface area contributed by atoms with Gasteiger partial charge in [-0.05, 0) is 25.0 Å². The average Bonchev–Trinajstić information content (AvgIpc) is 3.03. The van der Waals surface area contributed by atoms with Gasteiger partial charge in [-0.15, -0.1) is 0 Å². The summed E-state index contributed by atoms with van der Waals surface area (Å²) in [6.07, 6.45) is 7.17. The summed E-state index contributed by atoms with van der Waals surface area (Å²) in [4.78, 5) is 28.8. The number of hydrogen-bond donors (Lipinski definition) is 2. The lowest BCUT2D eigenvalue weighted by Crippen LogP contribution is -2.58. The van der Waals surface area contributed by atoms with Crippen molar-refractivity contribution in [2.75, 3.05) is 7.05 Å². The number of fused-ring (bicyclic) bond motifs is 1. The van der Waals surface area contributed by atoms with Crippen LogP contribution in [0.3, 0.4) is 0 Å². The number of nitrogens with one attached hydrogen (secondary N) is 2. The van der Waals surface area contributed by atoms with Gasteiger partial charge in [0.15, 0.2) is 5.58 Å². The highest BCUT2D eigenvalue weighted by molar-refractivity contribution is 5.97. The maximum atomic E-state index is 12.3. The Bertz CT molecular complexity index is 740. The molecule has 0 radical (unpaired) electrons. The molecule has 0 spiro atoms. The van der Waals surface area contributed by atoms with E-state index in [1.165, 1.54) is 12.2 Å². The molecule has 2 amide bonds. The third-order valence-corrected chi connectivity index (χ3v) is 4.42. The Morgan fingerprint density at radius 2 is 1.96 bits per heavy atom. The van der Waals surface area contributed by atoms with Crippen molar-refractivity contribution in [1.29, 1.82) is 0 Å². The molecule has 1 fully saturated rings. The van der Waals surface area contributed by atoms with E-state index in [1.54, 1.807) is 7.05 Å². The number of nitrogens with zero attached hydrogens (tertiary/aromatic N) is 1. The summed E-state index contributed by atoms with van der Waals surface area (Å²) < 4.78 is 5.54. The molecular weight excluding hydrogens is 306 g/mol. The van der Waals surface area contributed by atoms with Crippen LogP contribution in [0.15, 0.2) is 34.8 Å². The molecule has 2 N–H and O–H groups in total. The number of para-hydroxylation sites is 2. The number of aromatic nitrogens is 1. The quantitative estimate of drug-likeness (QED) is 0.845. The van der Waals surface area contributed by atoms with Gasteiger partial charge in [0.2, 0.25) is 17.7 Å². The predicted octanol–water partition coefficient (Wildman–Crippen LogP) is 2.41. The van der Waals surface area contributed by atoms with Crippen LogP contribution in [0.4, 0.5) is 0 Å². The number of likely N-dealkylation sites (N-methyl/N-ethyl adjacent to an activating group) is 1. The summed E-state index contributed by atoms with van der Waals surface area (Å²) in [6, 6.07) is 7.41. The molecule has 1 aromatic carbocycles. The van der Waals surface area contributed by atoms with Crippen LogP contribution in [0.5, 0.6) is 0 Å². The number of hydrogen-bond acceptors (Lipinski definition) is 4. The molecule has 2 aromatic rings. The minimum absolute atomic E-state index is 0.134. The van der Waals surface area contributed by atoms with E-state index in [2.05, 4.69) is 15.6 Å². The van der Waals surface area contributed by atoms with Gasteiger partial charge >= 0.3 is 0 Å². The molecule has 1 heterocycles. The highest BCUT2D eigenvalue weighted by atomic mass is 16.3. The lowest BCUT2D eigenvalue weighted by atomic mass is 9.81. The summed E-state index contributed by atoms with van der Waals surface area (Å²) in [6.45, 7) is 0. The molecule has 3 rings (SSSR count). The van der Waals surface area contributed by atoms with Crippen LogP contribution in [0.25, 0.3) is 17.2 Å². The first-order valence-corrected chi connectivity index (χ1v) is 8.21. The maximum Gasteiger partial charge on any atom is 0.245 e. The third kappa shape index (κ3) is 3.32. The second-order valence-corrected chi connectivity index (χ2v) is 6.06. The van der Waals surface area contributed by atoms with Gasteiger partial charge in [0, 0.05) is 19.2 Å². The van der Waals surface area contributed by atoms with Crippen LogP contribution in [0, 0.1) is 0 Å². The van der Waals surface area contributed by atoms with Gasteiger partial charge in [-0.3, -0.25) is 9.59 Å². The summed E-state index contributed by atoms with van der Waals surface area (Å²) in [5.41, 5.74) is 0.605. The second-order valence-electron chi connectivity index (χ2n) is 6.06. The molecule has 0 saturated heterocycles. The van der Waals surface area contributed by atoms with E-state index in [4.69, 9.17) is 4.42 Å². The Hall–Kier alpha value is -2.63. The fraction of sp³-hybridized carbons (Fsp3) is 0.389. The molecular formula is C18H21N3O3. The maximum absolute atomic E-state index is 12.3. The summed E-state index contributed by atoms with van der Waals surface area (Å²) >= 11 is 0. The zero-order valence-electron chi connectivity index (χ0n) is 13.7. The fourth-order valence-electron chi connectivity index (χ4n) is 3.19. The molecule has 1 saturated carbocycles. The first kappa shape index (κ1) is 16.2. The number of carbonyl (C=O) groups is 2. The van der Waals surface area contributed by atoms with Gasteiger partial charge in [-0.1, -0.05) is 31.4 Å². The van der Waals surface area contributed by atoms with Crippen LogP contribution in [0.2, 0.25) is 0 Å². The van der Waals surface area contributed by atoms with E-state index in [-0.39, 0.29) is 11.8 Å². The molecule has 24 heavy (non-hydrogen) atoms. The third-order valence-electron chi connectivity index (χ3n) is 4.42. The molecule has 0 bridgehead atoms. The molecule has 1 aromatic heterocycles. The van der Waals surface area contributed by atoms with Crippen molar-refractivity contribution in [1.82, 2.24) is 15.6 Å². The first-order valence-electron chi connectivity index (χ1n) is 8.21. The Balaban J connectivity index is 1.72. The number of amides is 2. The van der Waals surface area contributed by atoms with Crippen LogP contribution < -0.4 is 10.6 Å². The number of carbonyl (C=O) groups excluding carboxylic acids is 2. The summed E-state index contributed by atoms with van der Waals surface area (Å²) in [5.74, 6) is -0.0856. The van der Waals surface area contributed by atoms with Crippen molar-refractivity contribution >= 4 is 29.0 Å². The molecule has 0 aliphatic heterocycles. The van der Waals surface area contributed by atoms with Gasteiger partial charge in [-0.25, -0.2) is 4.98 Å². The van der Waals surface area contributed by atoms with Crippen molar-refractivity contribution in [3.05, 3.63) is 36.2 Å². The molecule has 1 aliphatic carbocycles. The minimum atomic E-state index is -0.810. The lowest BCUT2D eigenvalue weighted by molar-refractivity contribution is -0.133.